The molecule has 1 aromatic carbocycles. The molecule has 98 valence electrons. The summed E-state index contributed by atoms with van der Waals surface area (Å²) in [4.78, 5) is 0. The number of hydrogen-bond acceptors (Lipinski definition) is 2. The van der Waals surface area contributed by atoms with Crippen molar-refractivity contribution >= 4 is 11.6 Å². The maximum absolute atomic E-state index is 6.04. The van der Waals surface area contributed by atoms with Gasteiger partial charge in [0.25, 0.3) is 0 Å². The van der Waals surface area contributed by atoms with E-state index in [4.69, 9.17) is 17.3 Å². The molecule has 0 saturated heterocycles. The minimum atomic E-state index is 0.428. The topological polar surface area (TPSA) is 38.0 Å². The Bertz CT molecular complexity index is 425. The molecule has 0 aromatic heterocycles. The molecule has 18 heavy (non-hydrogen) atoms. The molecular weight excluding hydrogens is 244 g/mol. The molecule has 0 aliphatic heterocycles. The molecule has 2 nitrogen and oxygen atoms in total. The van der Waals surface area contributed by atoms with Crippen LogP contribution in [0.15, 0.2) is 18.2 Å². The number of halogens is 1. The minimum Gasteiger partial charge on any atom is -0.328 e. The van der Waals surface area contributed by atoms with E-state index in [9.17, 15) is 0 Å². The lowest BCUT2D eigenvalue weighted by atomic mass is 9.91. The van der Waals surface area contributed by atoms with Gasteiger partial charge in [-0.3, -0.25) is 0 Å². The maximum atomic E-state index is 6.04. The fourth-order valence-corrected chi connectivity index (χ4v) is 3.52. The summed E-state index contributed by atoms with van der Waals surface area (Å²) in [5.74, 6) is 0. The molecule has 0 radical (unpaired) electrons. The van der Waals surface area contributed by atoms with Gasteiger partial charge in [0.1, 0.15) is 0 Å². The number of nitrogens with two attached hydrogens (primary N) is 1. The first-order chi connectivity index (χ1) is 8.72. The van der Waals surface area contributed by atoms with Crippen LogP contribution < -0.4 is 11.1 Å². The molecule has 3 N–H and O–H groups in total. The van der Waals surface area contributed by atoms with Crippen LogP contribution in [0.5, 0.6) is 0 Å². The second kappa shape index (κ2) is 5.20. The van der Waals surface area contributed by atoms with Crippen LogP contribution in [-0.2, 0) is 6.42 Å². The fourth-order valence-electron chi connectivity index (χ4n) is 3.33. The number of nitrogens with one attached hydrogen (secondary N) is 1. The van der Waals surface area contributed by atoms with Gasteiger partial charge in [-0.2, -0.15) is 0 Å². The Balaban J connectivity index is 1.66. The van der Waals surface area contributed by atoms with Gasteiger partial charge in [0.2, 0.25) is 0 Å². The lowest BCUT2D eigenvalue weighted by Crippen LogP contribution is -2.38. The van der Waals surface area contributed by atoms with Crippen LogP contribution in [0.2, 0.25) is 5.02 Å². The summed E-state index contributed by atoms with van der Waals surface area (Å²) in [7, 11) is 0. The Hall–Kier alpha value is -0.570. The molecular formula is C15H21ClN2. The van der Waals surface area contributed by atoms with Crippen molar-refractivity contribution in [1.82, 2.24) is 5.32 Å². The van der Waals surface area contributed by atoms with Gasteiger partial charge in [0.15, 0.2) is 0 Å². The lowest BCUT2D eigenvalue weighted by molar-refractivity contribution is 0.315. The molecule has 1 aromatic rings. The van der Waals surface area contributed by atoms with Gasteiger partial charge in [-0.25, -0.2) is 0 Å². The standard InChI is InChI=1S/C15H21ClN2/c16-11-2-7-14-10(9-11)1-8-15(14)18-13-5-3-12(17)4-6-13/h2,7,9,12-13,15,18H,1,3-6,8,17H2. The summed E-state index contributed by atoms with van der Waals surface area (Å²) in [5, 5.41) is 4.67. The highest BCUT2D eigenvalue weighted by atomic mass is 35.5. The first kappa shape index (κ1) is 12.5. The van der Waals surface area contributed by atoms with Crippen LogP contribution in [0.1, 0.15) is 49.3 Å². The van der Waals surface area contributed by atoms with Crippen molar-refractivity contribution in [2.45, 2.75) is 56.7 Å². The Morgan fingerprint density at radius 1 is 1.11 bits per heavy atom. The predicted octanol–water partition coefficient (Wildman–Crippen LogP) is 3.19. The minimum absolute atomic E-state index is 0.428. The molecule has 2 aliphatic rings. The van der Waals surface area contributed by atoms with Gasteiger partial charge in [0.05, 0.1) is 0 Å². The summed E-state index contributed by atoms with van der Waals surface area (Å²) < 4.78 is 0. The van der Waals surface area contributed by atoms with E-state index in [0.717, 1.165) is 24.3 Å². The molecule has 0 heterocycles. The summed E-state index contributed by atoms with van der Waals surface area (Å²) in [5.41, 5.74) is 8.83. The first-order valence-electron chi connectivity index (χ1n) is 7.02. The number of aryl methyl sites for hydroxylation is 1. The molecule has 3 rings (SSSR count). The van der Waals surface area contributed by atoms with Crippen LogP contribution in [0.25, 0.3) is 0 Å². The molecule has 1 unspecified atom stereocenters. The summed E-state index contributed by atoms with van der Waals surface area (Å²) in [6.45, 7) is 0. The third-order valence-electron chi connectivity index (χ3n) is 4.39. The third-order valence-corrected chi connectivity index (χ3v) is 4.63. The number of rotatable bonds is 2. The average Bonchev–Trinajstić information content (AvgIpc) is 2.74. The second-order valence-corrected chi connectivity index (χ2v) is 6.15. The van der Waals surface area contributed by atoms with Crippen molar-refractivity contribution in [3.63, 3.8) is 0 Å². The van der Waals surface area contributed by atoms with Gasteiger partial charge in [0, 0.05) is 23.1 Å². The van der Waals surface area contributed by atoms with Crippen LogP contribution >= 0.6 is 11.6 Å². The number of fused-ring (bicyclic) bond motifs is 1. The van der Waals surface area contributed by atoms with Gasteiger partial charge in [-0.05, 0) is 61.8 Å². The van der Waals surface area contributed by atoms with E-state index in [1.54, 1.807) is 0 Å². The summed E-state index contributed by atoms with van der Waals surface area (Å²) >= 11 is 6.04. The van der Waals surface area contributed by atoms with Crippen LogP contribution in [0.3, 0.4) is 0 Å². The zero-order valence-corrected chi connectivity index (χ0v) is 11.4. The van der Waals surface area contributed by atoms with E-state index in [0.29, 0.717) is 18.1 Å². The van der Waals surface area contributed by atoms with Crippen molar-refractivity contribution in [2.24, 2.45) is 5.73 Å². The molecule has 1 saturated carbocycles. The molecule has 3 heteroatoms. The molecule has 0 amide bonds. The van der Waals surface area contributed by atoms with E-state index in [1.165, 1.54) is 30.4 Å². The Labute approximate surface area is 114 Å². The van der Waals surface area contributed by atoms with Crippen LogP contribution in [0.4, 0.5) is 0 Å². The Morgan fingerprint density at radius 3 is 2.67 bits per heavy atom. The lowest BCUT2D eigenvalue weighted by Gasteiger charge is -2.29. The third kappa shape index (κ3) is 2.56. The van der Waals surface area contributed by atoms with Gasteiger partial charge in [-0.15, -0.1) is 0 Å². The van der Waals surface area contributed by atoms with Gasteiger partial charge < -0.3 is 11.1 Å². The smallest absolute Gasteiger partial charge is 0.0408 e. The van der Waals surface area contributed by atoms with E-state index >= 15 is 0 Å². The fraction of sp³-hybridized carbons (Fsp3) is 0.600. The Morgan fingerprint density at radius 2 is 1.89 bits per heavy atom. The predicted molar refractivity (Wildman–Crippen MR) is 75.9 cm³/mol. The highest BCUT2D eigenvalue weighted by Gasteiger charge is 2.26. The second-order valence-electron chi connectivity index (χ2n) is 5.71. The van der Waals surface area contributed by atoms with E-state index < -0.39 is 0 Å². The first-order valence-corrected chi connectivity index (χ1v) is 7.40. The molecule has 1 atom stereocenters. The average molecular weight is 265 g/mol. The zero-order valence-electron chi connectivity index (χ0n) is 10.7. The highest BCUT2D eigenvalue weighted by Crippen LogP contribution is 2.34. The zero-order chi connectivity index (χ0) is 12.5. The van der Waals surface area contributed by atoms with Crippen molar-refractivity contribution in [3.8, 4) is 0 Å². The molecule has 0 spiro atoms. The maximum Gasteiger partial charge on any atom is 0.0408 e. The summed E-state index contributed by atoms with van der Waals surface area (Å²) in [6.07, 6.45) is 7.13. The number of hydrogen-bond donors (Lipinski definition) is 2. The van der Waals surface area contributed by atoms with E-state index in [2.05, 4.69) is 17.4 Å². The molecule has 2 aliphatic carbocycles. The van der Waals surface area contributed by atoms with Gasteiger partial charge >= 0.3 is 0 Å². The van der Waals surface area contributed by atoms with Crippen molar-refractivity contribution in [1.29, 1.82) is 0 Å². The van der Waals surface area contributed by atoms with Crippen molar-refractivity contribution < 1.29 is 0 Å². The van der Waals surface area contributed by atoms with E-state index in [-0.39, 0.29) is 0 Å². The van der Waals surface area contributed by atoms with Gasteiger partial charge in [-0.1, -0.05) is 17.7 Å². The SMILES string of the molecule is NC1CCC(NC2CCc3cc(Cl)ccc32)CC1. The quantitative estimate of drug-likeness (QED) is 0.861. The summed E-state index contributed by atoms with van der Waals surface area (Å²) in [6, 6.07) is 7.93. The molecule has 1 fully saturated rings. The van der Waals surface area contributed by atoms with Crippen LogP contribution in [-0.4, -0.2) is 12.1 Å². The van der Waals surface area contributed by atoms with Crippen molar-refractivity contribution in [3.05, 3.63) is 34.3 Å². The molecule has 0 bridgehead atoms. The van der Waals surface area contributed by atoms with Crippen molar-refractivity contribution in [2.75, 3.05) is 0 Å². The number of benzene rings is 1. The van der Waals surface area contributed by atoms with Crippen LogP contribution in [0, 0.1) is 0 Å². The highest BCUT2D eigenvalue weighted by molar-refractivity contribution is 6.30. The van der Waals surface area contributed by atoms with E-state index in [1.807, 2.05) is 6.07 Å². The Kier molecular flexibility index (Phi) is 3.60. The monoisotopic (exact) mass is 264 g/mol. The normalized spacial score (nSPS) is 31.3. The largest absolute Gasteiger partial charge is 0.328 e.